The Balaban J connectivity index is 1.83. The fourth-order valence-corrected chi connectivity index (χ4v) is 5.28. The second-order valence-corrected chi connectivity index (χ2v) is 8.88. The van der Waals surface area contributed by atoms with E-state index in [4.69, 9.17) is 5.41 Å². The van der Waals surface area contributed by atoms with E-state index in [9.17, 15) is 0 Å². The maximum Gasteiger partial charge on any atom is 0.0456 e. The molecule has 0 spiro atoms. The van der Waals surface area contributed by atoms with Crippen LogP contribution in [0.15, 0.2) is 48.1 Å². The second-order valence-electron chi connectivity index (χ2n) is 8.88. The number of hydrogen-bond acceptors (Lipinski definition) is 1. The Hall–Kier alpha value is -1.63. The maximum absolute atomic E-state index is 7.75. The zero-order chi connectivity index (χ0) is 18.9. The van der Waals surface area contributed by atoms with E-state index in [1.54, 1.807) is 6.21 Å². The number of benzene rings is 1. The summed E-state index contributed by atoms with van der Waals surface area (Å²) in [5, 5.41) is 7.75. The van der Waals surface area contributed by atoms with Crippen molar-refractivity contribution in [2.75, 3.05) is 0 Å². The molecule has 1 N–H and O–H groups in total. The number of allylic oxidation sites excluding steroid dienone is 3. The normalized spacial score (nSPS) is 31.4. The molecule has 1 saturated carbocycles. The second kappa shape index (κ2) is 7.55. The van der Waals surface area contributed by atoms with Crippen LogP contribution in [-0.2, 0) is 6.42 Å². The minimum absolute atomic E-state index is 0.130. The van der Waals surface area contributed by atoms with Crippen LogP contribution in [0.2, 0.25) is 0 Å². The standard InChI is InChI=1S/C25H35N/c1-6-20-13-22(14-21(20)7-2)23(12-19-10-8-9-17(3)11-19)18(4)24-15-25(24,5)16-26/h8-11,15-16,20-23,26H,4,6-7,12-14H2,1-3,5H3. The summed E-state index contributed by atoms with van der Waals surface area (Å²) in [6.45, 7) is 13.6. The van der Waals surface area contributed by atoms with Gasteiger partial charge in [0.15, 0.2) is 0 Å². The number of nitrogens with one attached hydrogen (secondary N) is 1. The predicted molar refractivity (Wildman–Crippen MR) is 113 cm³/mol. The fourth-order valence-electron chi connectivity index (χ4n) is 5.28. The lowest BCUT2D eigenvalue weighted by atomic mass is 9.77. The molecule has 1 nitrogen and oxygen atoms in total. The highest BCUT2D eigenvalue weighted by Crippen LogP contribution is 2.53. The van der Waals surface area contributed by atoms with Gasteiger partial charge >= 0.3 is 0 Å². The van der Waals surface area contributed by atoms with Crippen LogP contribution >= 0.6 is 0 Å². The van der Waals surface area contributed by atoms with Crippen LogP contribution in [0.3, 0.4) is 0 Å². The Morgan fingerprint density at radius 1 is 1.27 bits per heavy atom. The van der Waals surface area contributed by atoms with Gasteiger partial charge in [-0.3, -0.25) is 0 Å². The first-order valence-electron chi connectivity index (χ1n) is 10.4. The highest BCUT2D eigenvalue weighted by atomic mass is 14.5. The summed E-state index contributed by atoms with van der Waals surface area (Å²) >= 11 is 0. The Kier molecular flexibility index (Phi) is 5.55. The molecule has 0 amide bonds. The average molecular weight is 350 g/mol. The van der Waals surface area contributed by atoms with Crippen molar-refractivity contribution in [3.05, 3.63) is 59.2 Å². The van der Waals surface area contributed by atoms with Crippen LogP contribution in [-0.4, -0.2) is 6.21 Å². The topological polar surface area (TPSA) is 23.9 Å². The molecule has 0 bridgehead atoms. The molecule has 4 unspecified atom stereocenters. The highest BCUT2D eigenvalue weighted by molar-refractivity contribution is 5.81. The van der Waals surface area contributed by atoms with Gasteiger partial charge < -0.3 is 5.41 Å². The molecular formula is C25H35N. The predicted octanol–water partition coefficient (Wildman–Crippen LogP) is 6.77. The Bertz CT molecular complexity index is 701. The molecule has 0 saturated heterocycles. The van der Waals surface area contributed by atoms with E-state index in [1.807, 2.05) is 0 Å². The molecule has 2 aliphatic rings. The van der Waals surface area contributed by atoms with Gasteiger partial charge in [-0.15, -0.1) is 0 Å². The number of aryl methyl sites for hydroxylation is 1. The molecular weight excluding hydrogens is 314 g/mol. The molecule has 0 radical (unpaired) electrons. The Morgan fingerprint density at radius 2 is 1.92 bits per heavy atom. The quantitative estimate of drug-likeness (QED) is 0.501. The summed E-state index contributed by atoms with van der Waals surface area (Å²) in [7, 11) is 0. The molecule has 0 heterocycles. The lowest BCUT2D eigenvalue weighted by molar-refractivity contribution is 0.367. The molecule has 0 aromatic heterocycles. The maximum atomic E-state index is 7.75. The molecule has 1 aromatic carbocycles. The summed E-state index contributed by atoms with van der Waals surface area (Å²) in [5.41, 5.74) is 5.26. The molecule has 4 atom stereocenters. The monoisotopic (exact) mass is 349 g/mol. The first kappa shape index (κ1) is 19.1. The smallest absolute Gasteiger partial charge is 0.0456 e. The van der Waals surface area contributed by atoms with Gasteiger partial charge in [0.2, 0.25) is 0 Å². The zero-order valence-corrected chi connectivity index (χ0v) is 17.0. The third kappa shape index (κ3) is 3.72. The van der Waals surface area contributed by atoms with Gasteiger partial charge in [0.05, 0.1) is 0 Å². The molecule has 2 aliphatic carbocycles. The molecule has 26 heavy (non-hydrogen) atoms. The van der Waals surface area contributed by atoms with Crippen LogP contribution in [0.4, 0.5) is 0 Å². The van der Waals surface area contributed by atoms with Gasteiger partial charge in [-0.2, -0.15) is 0 Å². The van der Waals surface area contributed by atoms with Crippen molar-refractivity contribution < 1.29 is 0 Å². The lowest BCUT2D eigenvalue weighted by Gasteiger charge is -2.27. The van der Waals surface area contributed by atoms with Crippen molar-refractivity contribution in [2.24, 2.45) is 29.1 Å². The van der Waals surface area contributed by atoms with Crippen molar-refractivity contribution in [3.8, 4) is 0 Å². The summed E-state index contributed by atoms with van der Waals surface area (Å²) in [6, 6.07) is 8.97. The van der Waals surface area contributed by atoms with Crippen molar-refractivity contribution >= 4 is 6.21 Å². The van der Waals surface area contributed by atoms with Gasteiger partial charge in [-0.05, 0) is 73.5 Å². The fraction of sp³-hybridized carbons (Fsp3) is 0.560. The van der Waals surface area contributed by atoms with Crippen LogP contribution in [0.1, 0.15) is 57.6 Å². The molecule has 1 aromatic rings. The summed E-state index contributed by atoms with van der Waals surface area (Å²) < 4.78 is 0. The van der Waals surface area contributed by atoms with E-state index in [-0.39, 0.29) is 5.41 Å². The van der Waals surface area contributed by atoms with E-state index in [2.05, 4.69) is 64.6 Å². The van der Waals surface area contributed by atoms with Crippen molar-refractivity contribution in [1.29, 1.82) is 5.41 Å². The summed E-state index contributed by atoms with van der Waals surface area (Å²) in [6.07, 6.45) is 10.2. The number of rotatable bonds is 8. The van der Waals surface area contributed by atoms with Crippen molar-refractivity contribution in [3.63, 3.8) is 0 Å². The minimum Gasteiger partial charge on any atom is -0.312 e. The van der Waals surface area contributed by atoms with Gasteiger partial charge in [0.25, 0.3) is 0 Å². The van der Waals surface area contributed by atoms with Crippen LogP contribution in [0, 0.1) is 41.4 Å². The average Bonchev–Trinajstić information content (AvgIpc) is 3.15. The summed E-state index contributed by atoms with van der Waals surface area (Å²) in [4.78, 5) is 0. The van der Waals surface area contributed by atoms with Gasteiger partial charge in [0.1, 0.15) is 0 Å². The van der Waals surface area contributed by atoms with Crippen molar-refractivity contribution in [1.82, 2.24) is 0 Å². The van der Waals surface area contributed by atoms with Crippen LogP contribution in [0.25, 0.3) is 0 Å². The van der Waals surface area contributed by atoms with E-state index < -0.39 is 0 Å². The molecule has 140 valence electrons. The SMILES string of the molecule is C=C(C1=CC1(C)C=N)C(Cc1cccc(C)c1)C1CC(CC)C(CC)C1. The Labute approximate surface area is 160 Å². The van der Waals surface area contributed by atoms with Crippen molar-refractivity contribution in [2.45, 2.75) is 59.8 Å². The highest BCUT2D eigenvalue weighted by Gasteiger charge is 2.44. The largest absolute Gasteiger partial charge is 0.312 e. The first-order chi connectivity index (χ1) is 12.4. The lowest BCUT2D eigenvalue weighted by Crippen LogP contribution is -2.19. The zero-order valence-electron chi connectivity index (χ0n) is 17.0. The summed E-state index contributed by atoms with van der Waals surface area (Å²) in [5.74, 6) is 2.99. The van der Waals surface area contributed by atoms with E-state index >= 15 is 0 Å². The van der Waals surface area contributed by atoms with E-state index in [0.717, 1.165) is 24.2 Å². The van der Waals surface area contributed by atoms with Gasteiger partial charge in [-0.1, -0.05) is 69.2 Å². The van der Waals surface area contributed by atoms with Gasteiger partial charge in [-0.25, -0.2) is 0 Å². The van der Waals surface area contributed by atoms with E-state index in [0.29, 0.717) is 5.92 Å². The molecule has 3 rings (SSSR count). The first-order valence-corrected chi connectivity index (χ1v) is 10.4. The van der Waals surface area contributed by atoms with Crippen LogP contribution in [0.5, 0.6) is 0 Å². The third-order valence-electron chi connectivity index (χ3n) is 7.07. The molecule has 1 heteroatoms. The van der Waals surface area contributed by atoms with Gasteiger partial charge in [0, 0.05) is 11.6 Å². The minimum atomic E-state index is -0.130. The Morgan fingerprint density at radius 3 is 2.42 bits per heavy atom. The third-order valence-corrected chi connectivity index (χ3v) is 7.07. The van der Waals surface area contributed by atoms with E-state index in [1.165, 1.54) is 48.0 Å². The molecule has 1 fully saturated rings. The molecule has 0 aliphatic heterocycles. The number of hydrogen-bond donors (Lipinski definition) is 1. The van der Waals surface area contributed by atoms with Crippen LogP contribution < -0.4 is 0 Å².